The molecule has 0 saturated heterocycles. The van der Waals surface area contributed by atoms with Gasteiger partial charge in [-0.15, -0.1) is 0 Å². The molecule has 0 bridgehead atoms. The second kappa shape index (κ2) is 3.31. The van der Waals surface area contributed by atoms with E-state index in [4.69, 9.17) is 9.84 Å². The first-order chi connectivity index (χ1) is 6.74. The van der Waals surface area contributed by atoms with Crippen LogP contribution in [-0.4, -0.2) is 22.0 Å². The molecule has 0 saturated carbocycles. The first kappa shape index (κ1) is 9.02. The van der Waals surface area contributed by atoms with Crippen LogP contribution >= 0.6 is 0 Å². The molecule has 14 heavy (non-hydrogen) atoms. The minimum Gasteiger partial charge on any atom is -0.496 e. The molecule has 74 valence electrons. The van der Waals surface area contributed by atoms with Gasteiger partial charge in [0.1, 0.15) is 5.75 Å². The topological polar surface area (TPSA) is 47.3 Å². The molecule has 1 N–H and O–H groups in total. The van der Waals surface area contributed by atoms with E-state index in [-0.39, 0.29) is 6.61 Å². The fourth-order valence-electron chi connectivity index (χ4n) is 1.54. The maximum Gasteiger partial charge on any atom is 0.126 e. The number of aliphatic hydroxyl groups is 1. The Kier molecular flexibility index (Phi) is 2.13. The second-order valence-corrected chi connectivity index (χ2v) is 3.18. The molecule has 0 aliphatic carbocycles. The van der Waals surface area contributed by atoms with Crippen molar-refractivity contribution in [2.75, 3.05) is 7.11 Å². The molecule has 1 heterocycles. The molecule has 0 radical (unpaired) electrons. The third-order valence-electron chi connectivity index (χ3n) is 2.19. The Morgan fingerprint density at radius 1 is 1.50 bits per heavy atom. The van der Waals surface area contributed by atoms with Crippen molar-refractivity contribution in [2.45, 2.75) is 6.61 Å². The summed E-state index contributed by atoms with van der Waals surface area (Å²) in [6.07, 6.45) is 1.91. The fourth-order valence-corrected chi connectivity index (χ4v) is 1.54. The Morgan fingerprint density at radius 2 is 2.29 bits per heavy atom. The largest absolute Gasteiger partial charge is 0.496 e. The van der Waals surface area contributed by atoms with Crippen molar-refractivity contribution < 1.29 is 9.84 Å². The Morgan fingerprint density at radius 3 is 2.93 bits per heavy atom. The van der Waals surface area contributed by atoms with Crippen LogP contribution in [0, 0.1) is 0 Å². The molecule has 0 fully saturated rings. The number of hydrogen-bond donors (Lipinski definition) is 1. The van der Waals surface area contributed by atoms with Crippen LogP contribution < -0.4 is 4.74 Å². The van der Waals surface area contributed by atoms with Crippen LogP contribution in [0.5, 0.6) is 5.75 Å². The molecular weight excluding hydrogens is 180 g/mol. The summed E-state index contributed by atoms with van der Waals surface area (Å²) in [6, 6.07) is 3.72. The first-order valence-electron chi connectivity index (χ1n) is 4.35. The van der Waals surface area contributed by atoms with Crippen LogP contribution in [0.4, 0.5) is 0 Å². The maximum atomic E-state index is 9.11. The lowest BCUT2D eigenvalue weighted by Crippen LogP contribution is -1.91. The molecule has 4 heteroatoms. The second-order valence-electron chi connectivity index (χ2n) is 3.18. The summed E-state index contributed by atoms with van der Waals surface area (Å²) in [5.41, 5.74) is 1.66. The van der Waals surface area contributed by atoms with Crippen molar-refractivity contribution in [1.82, 2.24) is 9.78 Å². The van der Waals surface area contributed by atoms with E-state index in [2.05, 4.69) is 5.10 Å². The quantitative estimate of drug-likeness (QED) is 0.774. The smallest absolute Gasteiger partial charge is 0.126 e. The van der Waals surface area contributed by atoms with Crippen LogP contribution in [0.1, 0.15) is 5.56 Å². The molecule has 0 aliphatic rings. The van der Waals surface area contributed by atoms with Crippen LogP contribution in [0.15, 0.2) is 18.3 Å². The number of benzene rings is 1. The first-order valence-corrected chi connectivity index (χ1v) is 4.35. The SMILES string of the molecule is COc1cc2nn(C)cc2cc1CO. The highest BCUT2D eigenvalue weighted by Gasteiger charge is 2.06. The molecule has 1 aromatic carbocycles. The Hall–Kier alpha value is -1.55. The van der Waals surface area contributed by atoms with Crippen molar-refractivity contribution in [3.8, 4) is 5.75 Å². The van der Waals surface area contributed by atoms with Crippen LogP contribution in [0.2, 0.25) is 0 Å². The molecule has 2 aromatic rings. The highest BCUT2D eigenvalue weighted by Crippen LogP contribution is 2.24. The van der Waals surface area contributed by atoms with E-state index in [1.54, 1.807) is 11.8 Å². The molecule has 0 amide bonds. The van der Waals surface area contributed by atoms with Crippen LogP contribution in [0.3, 0.4) is 0 Å². The molecule has 4 nitrogen and oxygen atoms in total. The number of fused-ring (bicyclic) bond motifs is 1. The number of aromatic nitrogens is 2. The highest BCUT2D eigenvalue weighted by atomic mass is 16.5. The monoisotopic (exact) mass is 192 g/mol. The van der Waals surface area contributed by atoms with Gasteiger partial charge in [-0.2, -0.15) is 5.10 Å². The highest BCUT2D eigenvalue weighted by molar-refractivity contribution is 5.80. The molecule has 0 unspecified atom stereocenters. The summed E-state index contributed by atoms with van der Waals surface area (Å²) >= 11 is 0. The van der Waals surface area contributed by atoms with Crippen LogP contribution in [0.25, 0.3) is 10.9 Å². The number of hydrogen-bond acceptors (Lipinski definition) is 3. The molecule has 0 atom stereocenters. The fraction of sp³-hybridized carbons (Fsp3) is 0.300. The molecular formula is C10H12N2O2. The van der Waals surface area contributed by atoms with Gasteiger partial charge >= 0.3 is 0 Å². The summed E-state index contributed by atoms with van der Waals surface area (Å²) in [7, 11) is 3.45. The molecule has 2 rings (SSSR count). The van der Waals surface area contributed by atoms with Crippen molar-refractivity contribution in [2.24, 2.45) is 7.05 Å². The number of aliphatic hydroxyl groups excluding tert-OH is 1. The minimum absolute atomic E-state index is 0.0198. The van der Waals surface area contributed by atoms with Crippen molar-refractivity contribution in [1.29, 1.82) is 0 Å². The number of methoxy groups -OCH3 is 1. The summed E-state index contributed by atoms with van der Waals surface area (Å²) < 4.78 is 6.89. The van der Waals surface area contributed by atoms with Gasteiger partial charge in [0.2, 0.25) is 0 Å². The normalized spacial score (nSPS) is 10.8. The number of aryl methyl sites for hydroxylation is 1. The van der Waals surface area contributed by atoms with Crippen molar-refractivity contribution in [3.05, 3.63) is 23.9 Å². The standard InChI is InChI=1S/C10H12N2O2/c1-12-5-7-3-8(6-13)10(14-2)4-9(7)11-12/h3-5,13H,6H2,1-2H3. The van der Waals surface area contributed by atoms with Gasteiger partial charge in [-0.3, -0.25) is 4.68 Å². The van der Waals surface area contributed by atoms with E-state index in [1.807, 2.05) is 25.4 Å². The average molecular weight is 192 g/mol. The van der Waals surface area contributed by atoms with Gasteiger partial charge < -0.3 is 9.84 Å². The van der Waals surface area contributed by atoms with E-state index >= 15 is 0 Å². The molecule has 1 aromatic heterocycles. The number of rotatable bonds is 2. The van der Waals surface area contributed by atoms with Gasteiger partial charge in [-0.1, -0.05) is 0 Å². The van der Waals surface area contributed by atoms with E-state index in [9.17, 15) is 0 Å². The Balaban J connectivity index is 2.68. The Labute approximate surface area is 81.7 Å². The minimum atomic E-state index is -0.0198. The average Bonchev–Trinajstić information content (AvgIpc) is 2.54. The lowest BCUT2D eigenvalue weighted by Gasteiger charge is -2.04. The van der Waals surface area contributed by atoms with Gasteiger partial charge in [-0.25, -0.2) is 0 Å². The summed E-state index contributed by atoms with van der Waals surface area (Å²) in [5, 5.41) is 14.4. The predicted octanol–water partition coefficient (Wildman–Crippen LogP) is 1.07. The van der Waals surface area contributed by atoms with E-state index < -0.39 is 0 Å². The summed E-state index contributed by atoms with van der Waals surface area (Å²) in [6.45, 7) is -0.0198. The van der Waals surface area contributed by atoms with Gasteiger partial charge in [0.15, 0.2) is 0 Å². The zero-order chi connectivity index (χ0) is 10.1. The number of nitrogens with zero attached hydrogens (tertiary/aromatic N) is 2. The lowest BCUT2D eigenvalue weighted by molar-refractivity contribution is 0.274. The summed E-state index contributed by atoms with van der Waals surface area (Å²) in [5.74, 6) is 0.679. The van der Waals surface area contributed by atoms with E-state index in [0.29, 0.717) is 5.75 Å². The van der Waals surface area contributed by atoms with Gasteiger partial charge in [0.05, 0.1) is 19.2 Å². The van der Waals surface area contributed by atoms with Gasteiger partial charge in [0, 0.05) is 30.3 Å². The maximum absolute atomic E-state index is 9.11. The van der Waals surface area contributed by atoms with Crippen LogP contribution in [-0.2, 0) is 13.7 Å². The zero-order valence-electron chi connectivity index (χ0n) is 8.19. The van der Waals surface area contributed by atoms with E-state index in [0.717, 1.165) is 16.5 Å². The van der Waals surface area contributed by atoms with Crippen molar-refractivity contribution >= 4 is 10.9 Å². The van der Waals surface area contributed by atoms with Gasteiger partial charge in [-0.05, 0) is 6.07 Å². The summed E-state index contributed by atoms with van der Waals surface area (Å²) in [4.78, 5) is 0. The predicted molar refractivity (Wildman–Crippen MR) is 53.2 cm³/mol. The number of ether oxygens (including phenoxy) is 1. The zero-order valence-corrected chi connectivity index (χ0v) is 8.19. The van der Waals surface area contributed by atoms with Crippen molar-refractivity contribution in [3.63, 3.8) is 0 Å². The van der Waals surface area contributed by atoms with Gasteiger partial charge in [0.25, 0.3) is 0 Å². The third-order valence-corrected chi connectivity index (χ3v) is 2.19. The third kappa shape index (κ3) is 1.33. The lowest BCUT2D eigenvalue weighted by atomic mass is 10.1. The van der Waals surface area contributed by atoms with E-state index in [1.165, 1.54) is 0 Å². The molecule has 0 spiro atoms. The molecule has 0 aliphatic heterocycles. The Bertz CT molecular complexity index is 421.